The molecule has 0 unspecified atom stereocenters. The first-order valence-corrected chi connectivity index (χ1v) is 11.4. The van der Waals surface area contributed by atoms with Crippen LogP contribution in [-0.4, -0.2) is 26.5 Å². The quantitative estimate of drug-likeness (QED) is 0.522. The first kappa shape index (κ1) is 21.5. The van der Waals surface area contributed by atoms with E-state index in [2.05, 4.69) is 15.6 Å². The van der Waals surface area contributed by atoms with Crippen molar-refractivity contribution in [3.63, 3.8) is 0 Å². The standard InChI is InChI=1S/C20H18FN3O4S2/c1-12-3-4-14(11-16(12)24-30(2,27)28)19(25)22-23-20(26)18-10-9-17(29-18)13-5-7-15(21)8-6-13/h3-11,24H,1-2H3,(H,22,25)(H,23,26). The van der Waals surface area contributed by atoms with E-state index >= 15 is 0 Å². The second-order valence-electron chi connectivity index (χ2n) is 6.48. The Balaban J connectivity index is 1.66. The van der Waals surface area contributed by atoms with E-state index in [1.165, 1.54) is 35.6 Å². The van der Waals surface area contributed by atoms with Crippen LogP contribution in [0.15, 0.2) is 54.6 Å². The molecule has 3 aromatic rings. The van der Waals surface area contributed by atoms with Gasteiger partial charge in [-0.15, -0.1) is 11.3 Å². The normalized spacial score (nSPS) is 11.0. The lowest BCUT2D eigenvalue weighted by atomic mass is 10.1. The Hall–Kier alpha value is -3.24. The molecule has 0 aliphatic rings. The number of aryl methyl sites for hydroxylation is 1. The summed E-state index contributed by atoms with van der Waals surface area (Å²) < 4.78 is 38.3. The molecule has 7 nitrogen and oxygen atoms in total. The van der Waals surface area contributed by atoms with Crippen molar-refractivity contribution in [2.45, 2.75) is 6.92 Å². The van der Waals surface area contributed by atoms with Crippen molar-refractivity contribution in [3.05, 3.63) is 76.4 Å². The highest BCUT2D eigenvalue weighted by Crippen LogP contribution is 2.28. The second-order valence-corrected chi connectivity index (χ2v) is 9.32. The summed E-state index contributed by atoms with van der Waals surface area (Å²) in [4.78, 5) is 25.8. The number of carbonyl (C=O) groups excluding carboxylic acids is 2. The number of thiophene rings is 1. The Bertz CT molecular complexity index is 1210. The van der Waals surface area contributed by atoms with Crippen molar-refractivity contribution >= 4 is 38.9 Å². The van der Waals surface area contributed by atoms with Gasteiger partial charge in [-0.25, -0.2) is 12.8 Å². The number of halogens is 1. The number of hydrogen-bond donors (Lipinski definition) is 3. The molecule has 2 aromatic carbocycles. The van der Waals surface area contributed by atoms with Gasteiger partial charge in [-0.3, -0.25) is 25.2 Å². The lowest BCUT2D eigenvalue weighted by Crippen LogP contribution is -2.41. The molecule has 1 heterocycles. The number of carbonyl (C=O) groups is 2. The fourth-order valence-electron chi connectivity index (χ4n) is 2.55. The molecule has 156 valence electrons. The summed E-state index contributed by atoms with van der Waals surface area (Å²) in [6, 6.07) is 13.7. The lowest BCUT2D eigenvalue weighted by molar-refractivity contribution is 0.0849. The number of amides is 2. The third-order valence-corrected chi connectivity index (χ3v) is 5.77. The van der Waals surface area contributed by atoms with Crippen LogP contribution < -0.4 is 15.6 Å². The van der Waals surface area contributed by atoms with Gasteiger partial charge in [-0.2, -0.15) is 0 Å². The van der Waals surface area contributed by atoms with E-state index < -0.39 is 21.8 Å². The summed E-state index contributed by atoms with van der Waals surface area (Å²) in [6.07, 6.45) is 1.01. The maximum Gasteiger partial charge on any atom is 0.279 e. The van der Waals surface area contributed by atoms with Crippen LogP contribution in [0.25, 0.3) is 10.4 Å². The Kier molecular flexibility index (Phi) is 6.18. The molecule has 3 N–H and O–H groups in total. The van der Waals surface area contributed by atoms with Gasteiger partial charge in [-0.05, 0) is 54.4 Å². The monoisotopic (exact) mass is 447 g/mol. The largest absolute Gasteiger partial charge is 0.283 e. The molecule has 0 spiro atoms. The van der Waals surface area contributed by atoms with Crippen molar-refractivity contribution in [3.8, 4) is 10.4 Å². The summed E-state index contributed by atoms with van der Waals surface area (Å²) in [5.74, 6) is -1.46. The molecule has 3 rings (SSSR count). The molecule has 2 amide bonds. The van der Waals surface area contributed by atoms with Crippen LogP contribution in [0.3, 0.4) is 0 Å². The van der Waals surface area contributed by atoms with Crippen LogP contribution in [0.1, 0.15) is 25.6 Å². The molecular weight excluding hydrogens is 429 g/mol. The molecule has 0 saturated carbocycles. The fourth-order valence-corrected chi connectivity index (χ4v) is 4.08. The van der Waals surface area contributed by atoms with Crippen molar-refractivity contribution in [2.75, 3.05) is 11.0 Å². The number of anilines is 1. The van der Waals surface area contributed by atoms with Crippen LogP contribution >= 0.6 is 11.3 Å². The van der Waals surface area contributed by atoms with Gasteiger partial charge in [0.1, 0.15) is 5.82 Å². The molecule has 0 atom stereocenters. The van der Waals surface area contributed by atoms with Gasteiger partial charge >= 0.3 is 0 Å². The molecule has 0 fully saturated rings. The Morgan fingerprint density at radius 2 is 1.60 bits per heavy atom. The summed E-state index contributed by atoms with van der Waals surface area (Å²) in [5, 5.41) is 0. The maximum absolute atomic E-state index is 13.0. The zero-order valence-electron chi connectivity index (χ0n) is 16.0. The first-order chi connectivity index (χ1) is 14.1. The van der Waals surface area contributed by atoms with Crippen molar-refractivity contribution in [2.24, 2.45) is 0 Å². The zero-order valence-corrected chi connectivity index (χ0v) is 17.7. The fraction of sp³-hybridized carbons (Fsp3) is 0.100. The van der Waals surface area contributed by atoms with Crippen LogP contribution in [0.2, 0.25) is 0 Å². The maximum atomic E-state index is 13.0. The van der Waals surface area contributed by atoms with Crippen LogP contribution in [0.4, 0.5) is 10.1 Å². The minimum Gasteiger partial charge on any atom is -0.283 e. The zero-order chi connectivity index (χ0) is 21.9. The highest BCUT2D eigenvalue weighted by Gasteiger charge is 2.14. The van der Waals surface area contributed by atoms with E-state index in [9.17, 15) is 22.4 Å². The predicted molar refractivity (Wildman–Crippen MR) is 114 cm³/mol. The molecule has 1 aromatic heterocycles. The smallest absolute Gasteiger partial charge is 0.279 e. The topological polar surface area (TPSA) is 104 Å². The average Bonchev–Trinajstić information content (AvgIpc) is 3.17. The van der Waals surface area contributed by atoms with Gasteiger partial charge in [0.2, 0.25) is 10.0 Å². The van der Waals surface area contributed by atoms with Gasteiger partial charge in [0, 0.05) is 10.4 Å². The number of hydrazine groups is 1. The van der Waals surface area contributed by atoms with Crippen LogP contribution in [-0.2, 0) is 10.0 Å². The van der Waals surface area contributed by atoms with Gasteiger partial charge < -0.3 is 0 Å². The molecule has 0 aliphatic heterocycles. The van der Waals surface area contributed by atoms with Gasteiger partial charge in [-0.1, -0.05) is 18.2 Å². The van der Waals surface area contributed by atoms with Crippen LogP contribution in [0.5, 0.6) is 0 Å². The van der Waals surface area contributed by atoms with Crippen molar-refractivity contribution in [1.29, 1.82) is 0 Å². The van der Waals surface area contributed by atoms with E-state index in [4.69, 9.17) is 0 Å². The van der Waals surface area contributed by atoms with E-state index in [-0.39, 0.29) is 17.1 Å². The third kappa shape index (κ3) is 5.43. The minimum atomic E-state index is -3.50. The summed E-state index contributed by atoms with van der Waals surface area (Å²) in [5.41, 5.74) is 6.50. The Morgan fingerprint density at radius 3 is 2.27 bits per heavy atom. The molecule has 0 aliphatic carbocycles. The summed E-state index contributed by atoms with van der Waals surface area (Å²) in [7, 11) is -3.50. The average molecular weight is 448 g/mol. The van der Waals surface area contributed by atoms with Crippen LogP contribution in [0, 0.1) is 12.7 Å². The van der Waals surface area contributed by atoms with Crippen molar-refractivity contribution < 1.29 is 22.4 Å². The molecule has 0 saturated heterocycles. The highest BCUT2D eigenvalue weighted by atomic mass is 32.2. The Labute approximate surface area is 177 Å². The van der Waals surface area contributed by atoms with E-state index in [1.807, 2.05) is 0 Å². The molecule has 30 heavy (non-hydrogen) atoms. The number of benzene rings is 2. The number of rotatable bonds is 5. The summed E-state index contributed by atoms with van der Waals surface area (Å²) >= 11 is 1.20. The van der Waals surface area contributed by atoms with E-state index in [0.29, 0.717) is 10.4 Å². The van der Waals surface area contributed by atoms with Gasteiger partial charge in [0.05, 0.1) is 16.8 Å². The molecule has 10 heteroatoms. The number of sulfonamides is 1. The second kappa shape index (κ2) is 8.64. The molecular formula is C20H18FN3O4S2. The predicted octanol–water partition coefficient (Wildman–Crippen LogP) is 3.31. The van der Waals surface area contributed by atoms with Gasteiger partial charge in [0.25, 0.3) is 11.8 Å². The molecule has 0 bridgehead atoms. The van der Waals surface area contributed by atoms with Gasteiger partial charge in [0.15, 0.2) is 0 Å². The van der Waals surface area contributed by atoms with E-state index in [0.717, 1.165) is 16.7 Å². The first-order valence-electron chi connectivity index (χ1n) is 8.67. The summed E-state index contributed by atoms with van der Waals surface area (Å²) in [6.45, 7) is 1.70. The third-order valence-electron chi connectivity index (χ3n) is 4.04. The lowest BCUT2D eigenvalue weighted by Gasteiger charge is -2.11. The van der Waals surface area contributed by atoms with E-state index in [1.54, 1.807) is 37.3 Å². The highest BCUT2D eigenvalue weighted by molar-refractivity contribution is 7.92. The molecule has 0 radical (unpaired) electrons. The van der Waals surface area contributed by atoms with Crippen molar-refractivity contribution in [1.82, 2.24) is 10.9 Å². The SMILES string of the molecule is Cc1ccc(C(=O)NNC(=O)c2ccc(-c3ccc(F)cc3)s2)cc1NS(C)(=O)=O. The Morgan fingerprint density at radius 1 is 0.933 bits per heavy atom. The number of nitrogens with one attached hydrogen (secondary N) is 3. The minimum absolute atomic E-state index is 0.172. The number of hydrogen-bond acceptors (Lipinski definition) is 5.